The van der Waals surface area contributed by atoms with Crippen LogP contribution in [0.4, 0.5) is 0 Å². The molecule has 4 atom stereocenters. The molecule has 0 N–H and O–H groups in total. The summed E-state index contributed by atoms with van der Waals surface area (Å²) in [5.41, 5.74) is 12.8. The van der Waals surface area contributed by atoms with E-state index in [2.05, 4.69) is 146 Å². The monoisotopic (exact) mass is 514 g/mol. The standard InChI is InChI=1S/C39H46/c1-9-31-25-33(32-18-11-10-16-29(32)4)35(38(7)21-14-15-28(3)26-38)36(37(6)23-19-27(2)20-24-37)34(31)39(8)22-13-12-17-30(39)5/h10-23,25,30H,9,24,26H2,1-8H3. The van der Waals surface area contributed by atoms with Gasteiger partial charge in [-0.05, 0) is 84.9 Å². The lowest BCUT2D eigenvalue weighted by Gasteiger charge is -2.46. The van der Waals surface area contributed by atoms with Gasteiger partial charge in [0.05, 0.1) is 0 Å². The minimum atomic E-state index is -0.103. The van der Waals surface area contributed by atoms with Gasteiger partial charge in [-0.1, -0.05) is 137 Å². The zero-order valence-electron chi connectivity index (χ0n) is 25.4. The fourth-order valence-corrected chi connectivity index (χ4v) is 7.34. The van der Waals surface area contributed by atoms with Crippen LogP contribution >= 0.6 is 0 Å². The van der Waals surface area contributed by atoms with Crippen LogP contribution in [0.25, 0.3) is 11.1 Å². The third-order valence-electron chi connectivity index (χ3n) is 9.86. The average molecular weight is 515 g/mol. The number of benzene rings is 2. The molecule has 0 radical (unpaired) electrons. The second kappa shape index (κ2) is 10.1. The van der Waals surface area contributed by atoms with E-state index in [1.807, 2.05) is 0 Å². The van der Waals surface area contributed by atoms with Gasteiger partial charge in [-0.25, -0.2) is 0 Å². The second-order valence-electron chi connectivity index (χ2n) is 13.1. The van der Waals surface area contributed by atoms with Crippen molar-refractivity contribution >= 4 is 0 Å². The van der Waals surface area contributed by atoms with Crippen LogP contribution in [0.15, 0.2) is 102 Å². The normalized spacial score (nSPS) is 29.9. The van der Waals surface area contributed by atoms with E-state index in [0.29, 0.717) is 5.92 Å². The molecule has 3 aliphatic carbocycles. The Bertz CT molecular complexity index is 1470. The van der Waals surface area contributed by atoms with Crippen LogP contribution in [0.5, 0.6) is 0 Å². The van der Waals surface area contributed by atoms with Gasteiger partial charge in [0.25, 0.3) is 0 Å². The van der Waals surface area contributed by atoms with Gasteiger partial charge >= 0.3 is 0 Å². The van der Waals surface area contributed by atoms with E-state index in [9.17, 15) is 0 Å². The lowest BCUT2D eigenvalue weighted by atomic mass is 9.57. The summed E-state index contributed by atoms with van der Waals surface area (Å²) in [6, 6.07) is 11.6. The van der Waals surface area contributed by atoms with Crippen molar-refractivity contribution in [2.24, 2.45) is 5.92 Å². The Morgan fingerprint density at radius 3 is 2.23 bits per heavy atom. The zero-order chi connectivity index (χ0) is 28.0. The highest BCUT2D eigenvalue weighted by Crippen LogP contribution is 2.54. The molecule has 2 aromatic carbocycles. The number of allylic oxidation sites excluding steroid dienone is 12. The molecule has 0 heteroatoms. The highest BCUT2D eigenvalue weighted by molar-refractivity contribution is 5.78. The number of rotatable bonds is 5. The molecule has 0 saturated heterocycles. The molecule has 5 rings (SSSR count). The molecule has 0 amide bonds. The van der Waals surface area contributed by atoms with Crippen LogP contribution in [-0.2, 0) is 22.7 Å². The number of aryl methyl sites for hydroxylation is 2. The SMILES string of the molecule is CCc1cc(-c2ccccc2C)c(C2(C)C=CC=C(C)C2)c(C2(C)C=CC(C)=CC2)c1C1(C)C=CC=CC1C. The van der Waals surface area contributed by atoms with E-state index in [0.717, 1.165) is 19.3 Å². The minimum absolute atomic E-state index is 0.0822. The van der Waals surface area contributed by atoms with Gasteiger partial charge in [0.1, 0.15) is 0 Å². The molecule has 0 nitrogen and oxygen atoms in total. The summed E-state index contributed by atoms with van der Waals surface area (Å²) in [7, 11) is 0. The molecule has 4 unspecified atom stereocenters. The molecule has 2 aromatic rings. The van der Waals surface area contributed by atoms with E-state index < -0.39 is 0 Å². The highest BCUT2D eigenvalue weighted by atomic mass is 14.5. The van der Waals surface area contributed by atoms with Crippen LogP contribution in [0, 0.1) is 12.8 Å². The van der Waals surface area contributed by atoms with E-state index >= 15 is 0 Å². The van der Waals surface area contributed by atoms with Gasteiger partial charge in [0.2, 0.25) is 0 Å². The van der Waals surface area contributed by atoms with Crippen LogP contribution in [0.3, 0.4) is 0 Å². The van der Waals surface area contributed by atoms with E-state index in [1.165, 1.54) is 39.0 Å². The molecule has 0 aromatic heterocycles. The molecule has 202 valence electrons. The minimum Gasteiger partial charge on any atom is -0.0805 e. The summed E-state index contributed by atoms with van der Waals surface area (Å²) >= 11 is 0. The maximum Gasteiger partial charge on any atom is 0.0173 e. The Balaban J connectivity index is 1.99. The Morgan fingerprint density at radius 1 is 0.821 bits per heavy atom. The zero-order valence-corrected chi connectivity index (χ0v) is 25.4. The van der Waals surface area contributed by atoms with Crippen molar-refractivity contribution in [3.63, 3.8) is 0 Å². The van der Waals surface area contributed by atoms with Crippen molar-refractivity contribution in [3.8, 4) is 11.1 Å². The van der Waals surface area contributed by atoms with Crippen LogP contribution in [-0.4, -0.2) is 0 Å². The number of hydrogen-bond donors (Lipinski definition) is 0. The first-order chi connectivity index (χ1) is 18.5. The fraction of sp³-hybridized carbons (Fsp3) is 0.385. The molecule has 0 spiro atoms. The quantitative estimate of drug-likeness (QED) is 0.372. The summed E-state index contributed by atoms with van der Waals surface area (Å²) in [5.74, 6) is 0.411. The topological polar surface area (TPSA) is 0 Å². The lowest BCUT2D eigenvalue weighted by Crippen LogP contribution is -2.38. The van der Waals surface area contributed by atoms with Crippen molar-refractivity contribution in [3.05, 3.63) is 130 Å². The van der Waals surface area contributed by atoms with Gasteiger partial charge in [0, 0.05) is 16.2 Å². The smallest absolute Gasteiger partial charge is 0.0173 e. The molecule has 3 aliphatic rings. The average Bonchev–Trinajstić information content (AvgIpc) is 2.91. The first-order valence-corrected chi connectivity index (χ1v) is 14.9. The Labute approximate surface area is 237 Å². The van der Waals surface area contributed by atoms with Crippen molar-refractivity contribution in [1.82, 2.24) is 0 Å². The molecule has 0 bridgehead atoms. The van der Waals surface area contributed by atoms with E-state index in [-0.39, 0.29) is 16.2 Å². The largest absolute Gasteiger partial charge is 0.0805 e. The molecule has 0 saturated carbocycles. The summed E-state index contributed by atoms with van der Waals surface area (Å²) in [6.07, 6.45) is 26.9. The van der Waals surface area contributed by atoms with Gasteiger partial charge in [-0.15, -0.1) is 0 Å². The van der Waals surface area contributed by atoms with Crippen LogP contribution in [0.2, 0.25) is 0 Å². The van der Waals surface area contributed by atoms with Crippen molar-refractivity contribution < 1.29 is 0 Å². The molecule has 0 fully saturated rings. The molecule has 0 heterocycles. The maximum absolute atomic E-state index is 2.57. The molecule has 0 aliphatic heterocycles. The first-order valence-electron chi connectivity index (χ1n) is 14.9. The number of hydrogen-bond acceptors (Lipinski definition) is 0. The fourth-order valence-electron chi connectivity index (χ4n) is 7.34. The summed E-state index contributed by atoms with van der Waals surface area (Å²) in [6.45, 7) is 19.0. The third-order valence-corrected chi connectivity index (χ3v) is 9.86. The van der Waals surface area contributed by atoms with Crippen LogP contribution < -0.4 is 0 Å². The molecular weight excluding hydrogens is 468 g/mol. The van der Waals surface area contributed by atoms with Crippen LogP contribution in [0.1, 0.15) is 89.1 Å². The van der Waals surface area contributed by atoms with Crippen molar-refractivity contribution in [2.75, 3.05) is 0 Å². The molecular formula is C39H46. The lowest BCUT2D eigenvalue weighted by molar-refractivity contribution is 0.433. The van der Waals surface area contributed by atoms with Crippen molar-refractivity contribution in [1.29, 1.82) is 0 Å². The summed E-state index contributed by atoms with van der Waals surface area (Å²) < 4.78 is 0. The second-order valence-corrected chi connectivity index (χ2v) is 13.1. The summed E-state index contributed by atoms with van der Waals surface area (Å²) in [5, 5.41) is 0. The van der Waals surface area contributed by atoms with Gasteiger partial charge < -0.3 is 0 Å². The highest BCUT2D eigenvalue weighted by Gasteiger charge is 2.44. The predicted molar refractivity (Wildman–Crippen MR) is 171 cm³/mol. The van der Waals surface area contributed by atoms with Gasteiger partial charge in [-0.2, -0.15) is 0 Å². The third kappa shape index (κ3) is 4.67. The Hall–Kier alpha value is -3.12. The Kier molecular flexibility index (Phi) is 7.13. The predicted octanol–water partition coefficient (Wildman–Crippen LogP) is 10.6. The first kappa shape index (κ1) is 27.4. The Morgan fingerprint density at radius 2 is 1.59 bits per heavy atom. The van der Waals surface area contributed by atoms with Crippen molar-refractivity contribution in [2.45, 2.75) is 90.9 Å². The maximum atomic E-state index is 2.57. The van der Waals surface area contributed by atoms with E-state index in [1.54, 1.807) is 11.1 Å². The van der Waals surface area contributed by atoms with Gasteiger partial charge in [-0.3, -0.25) is 0 Å². The van der Waals surface area contributed by atoms with E-state index in [4.69, 9.17) is 0 Å². The van der Waals surface area contributed by atoms with Gasteiger partial charge in [0.15, 0.2) is 0 Å². The molecule has 39 heavy (non-hydrogen) atoms. The summed E-state index contributed by atoms with van der Waals surface area (Å²) in [4.78, 5) is 0.